The quantitative estimate of drug-likeness (QED) is 0.371. The van der Waals surface area contributed by atoms with Crippen molar-refractivity contribution in [3.05, 3.63) is 30.5 Å². The number of hydrogen-bond donors (Lipinski definition) is 4. The first-order valence-electron chi connectivity index (χ1n) is 9.45. The first-order chi connectivity index (χ1) is 14.3. The highest BCUT2D eigenvalue weighted by molar-refractivity contribution is 7.96. The SMILES string of the molecule is CSNCC1CN(c2cc(-c3cnc(/C=C\C(=N)C(F)F)[nH]3)ncn2)CCC1(C)O. The normalized spacial score (nSPS) is 22.2. The molecule has 1 saturated heterocycles. The minimum absolute atomic E-state index is 0.0474. The molecule has 2 aromatic heterocycles. The maximum Gasteiger partial charge on any atom is 0.279 e. The van der Waals surface area contributed by atoms with Crippen LogP contribution in [0.25, 0.3) is 17.5 Å². The molecular formula is C19H25F2N7OS. The van der Waals surface area contributed by atoms with Crippen LogP contribution < -0.4 is 9.62 Å². The number of rotatable bonds is 8. The van der Waals surface area contributed by atoms with E-state index in [9.17, 15) is 13.9 Å². The molecule has 1 aliphatic heterocycles. The van der Waals surface area contributed by atoms with Gasteiger partial charge in [0, 0.05) is 31.6 Å². The molecule has 1 fully saturated rings. The zero-order valence-electron chi connectivity index (χ0n) is 16.8. The smallest absolute Gasteiger partial charge is 0.279 e. The van der Waals surface area contributed by atoms with Crippen LogP contribution in [-0.4, -0.2) is 68.7 Å². The summed E-state index contributed by atoms with van der Waals surface area (Å²) in [7, 11) is 0. The molecule has 0 aromatic carbocycles. The third-order valence-electron chi connectivity index (χ3n) is 5.19. The van der Waals surface area contributed by atoms with E-state index in [0.29, 0.717) is 43.3 Å². The summed E-state index contributed by atoms with van der Waals surface area (Å²) in [5.41, 5.74) is -0.284. The largest absolute Gasteiger partial charge is 0.390 e. The lowest BCUT2D eigenvalue weighted by Gasteiger charge is -2.43. The molecular weight excluding hydrogens is 412 g/mol. The van der Waals surface area contributed by atoms with Gasteiger partial charge in [-0.3, -0.25) is 10.1 Å². The highest BCUT2D eigenvalue weighted by Crippen LogP contribution is 2.30. The fourth-order valence-corrected chi connectivity index (χ4v) is 3.62. The number of alkyl halides is 2. The number of piperidine rings is 1. The van der Waals surface area contributed by atoms with Gasteiger partial charge >= 0.3 is 0 Å². The van der Waals surface area contributed by atoms with Gasteiger partial charge in [-0.05, 0) is 31.8 Å². The number of allylic oxidation sites excluding steroid dienone is 1. The zero-order chi connectivity index (χ0) is 21.7. The van der Waals surface area contributed by atoms with Crippen molar-refractivity contribution in [1.29, 1.82) is 5.41 Å². The van der Waals surface area contributed by atoms with Gasteiger partial charge in [0.05, 0.1) is 28.9 Å². The van der Waals surface area contributed by atoms with E-state index >= 15 is 0 Å². The van der Waals surface area contributed by atoms with Gasteiger partial charge in [0.1, 0.15) is 18.0 Å². The number of anilines is 1. The van der Waals surface area contributed by atoms with Crippen LogP contribution in [-0.2, 0) is 0 Å². The molecule has 0 amide bonds. The lowest BCUT2D eigenvalue weighted by Crippen LogP contribution is -2.53. The standard InChI is InChI=1S/C19H25F2N7OS/c1-19(29)5-6-28(10-12(19)8-26-30-2)17-7-14(24-11-25-17)15-9-23-16(27-15)4-3-13(22)18(20)21/h3-4,7,9,11-12,18,22,26,29H,5-6,8,10H2,1-2H3,(H,23,27)/b4-3-,22-13?. The van der Waals surface area contributed by atoms with E-state index in [4.69, 9.17) is 5.41 Å². The number of imidazole rings is 1. The van der Waals surface area contributed by atoms with E-state index in [1.165, 1.54) is 24.4 Å². The van der Waals surface area contributed by atoms with Crippen LogP contribution in [0.4, 0.5) is 14.6 Å². The Morgan fingerprint density at radius 1 is 1.50 bits per heavy atom. The molecule has 0 aliphatic carbocycles. The molecule has 1 aliphatic rings. The number of halogens is 2. The molecule has 0 bridgehead atoms. The molecule has 8 nitrogen and oxygen atoms in total. The van der Waals surface area contributed by atoms with Crippen LogP contribution in [0.3, 0.4) is 0 Å². The molecule has 0 radical (unpaired) electrons. The maximum absolute atomic E-state index is 12.4. The minimum atomic E-state index is -2.82. The van der Waals surface area contributed by atoms with E-state index in [0.717, 1.165) is 11.9 Å². The summed E-state index contributed by atoms with van der Waals surface area (Å²) in [6.45, 7) is 3.89. The predicted molar refractivity (Wildman–Crippen MR) is 115 cm³/mol. The van der Waals surface area contributed by atoms with Crippen LogP contribution in [0.2, 0.25) is 0 Å². The number of aromatic amines is 1. The molecule has 0 spiro atoms. The van der Waals surface area contributed by atoms with Crippen molar-refractivity contribution in [3.63, 3.8) is 0 Å². The number of aromatic nitrogens is 4. The first-order valence-corrected chi connectivity index (χ1v) is 10.7. The molecule has 4 N–H and O–H groups in total. The van der Waals surface area contributed by atoms with Gasteiger partial charge in [0.15, 0.2) is 0 Å². The third-order valence-corrected chi connectivity index (χ3v) is 5.64. The maximum atomic E-state index is 12.4. The zero-order valence-corrected chi connectivity index (χ0v) is 17.6. The average molecular weight is 438 g/mol. The lowest BCUT2D eigenvalue weighted by molar-refractivity contribution is -0.0143. The van der Waals surface area contributed by atoms with Gasteiger partial charge in [-0.2, -0.15) is 0 Å². The summed E-state index contributed by atoms with van der Waals surface area (Å²) in [4.78, 5) is 17.9. The summed E-state index contributed by atoms with van der Waals surface area (Å²) in [5.74, 6) is 1.15. The molecule has 0 saturated carbocycles. The molecule has 11 heteroatoms. The number of nitrogens with one attached hydrogen (secondary N) is 3. The summed E-state index contributed by atoms with van der Waals surface area (Å²) in [6.07, 6.45) is 5.13. The molecule has 162 valence electrons. The monoisotopic (exact) mass is 437 g/mol. The van der Waals surface area contributed by atoms with Crippen LogP contribution in [0.1, 0.15) is 19.2 Å². The van der Waals surface area contributed by atoms with E-state index in [1.807, 2.05) is 19.2 Å². The number of nitrogens with zero attached hydrogens (tertiary/aromatic N) is 4. The molecule has 2 aromatic rings. The molecule has 30 heavy (non-hydrogen) atoms. The van der Waals surface area contributed by atoms with Gasteiger partial charge in [-0.15, -0.1) is 0 Å². The summed E-state index contributed by atoms with van der Waals surface area (Å²) in [5, 5.41) is 17.9. The third kappa shape index (κ3) is 5.41. The summed E-state index contributed by atoms with van der Waals surface area (Å²) >= 11 is 1.53. The van der Waals surface area contributed by atoms with E-state index in [1.54, 1.807) is 6.20 Å². The first kappa shape index (κ1) is 22.3. The second-order valence-corrected chi connectivity index (χ2v) is 8.03. The van der Waals surface area contributed by atoms with Crippen molar-refractivity contribution in [3.8, 4) is 11.4 Å². The Balaban J connectivity index is 1.74. The number of H-pyrrole nitrogens is 1. The molecule has 2 unspecified atom stereocenters. The summed E-state index contributed by atoms with van der Waals surface area (Å²) < 4.78 is 28.1. The van der Waals surface area contributed by atoms with Crippen molar-refractivity contribution < 1.29 is 13.9 Å². The van der Waals surface area contributed by atoms with Gasteiger partial charge < -0.3 is 15.0 Å². The summed E-state index contributed by atoms with van der Waals surface area (Å²) in [6, 6.07) is 1.83. The van der Waals surface area contributed by atoms with E-state index in [2.05, 4.69) is 29.6 Å². The van der Waals surface area contributed by atoms with Gasteiger partial charge in [-0.25, -0.2) is 23.7 Å². The average Bonchev–Trinajstić information content (AvgIpc) is 3.20. The fourth-order valence-electron chi connectivity index (χ4n) is 3.26. The van der Waals surface area contributed by atoms with Crippen molar-refractivity contribution in [2.24, 2.45) is 5.92 Å². The van der Waals surface area contributed by atoms with E-state index in [-0.39, 0.29) is 5.92 Å². The van der Waals surface area contributed by atoms with Crippen molar-refractivity contribution in [1.82, 2.24) is 24.7 Å². The minimum Gasteiger partial charge on any atom is -0.390 e. The molecule has 3 heterocycles. The van der Waals surface area contributed by atoms with Gasteiger partial charge in [0.2, 0.25) is 0 Å². The predicted octanol–water partition coefficient (Wildman–Crippen LogP) is 2.61. The second-order valence-electron chi connectivity index (χ2n) is 7.34. The van der Waals surface area contributed by atoms with Crippen LogP contribution >= 0.6 is 11.9 Å². The topological polar surface area (TPSA) is 114 Å². The number of aliphatic hydroxyl groups is 1. The molecule has 3 rings (SSSR count). The van der Waals surface area contributed by atoms with Crippen molar-refractivity contribution >= 4 is 29.6 Å². The van der Waals surface area contributed by atoms with Gasteiger partial charge in [-0.1, -0.05) is 11.9 Å². The van der Waals surface area contributed by atoms with Gasteiger partial charge in [0.25, 0.3) is 6.43 Å². The van der Waals surface area contributed by atoms with E-state index < -0.39 is 17.7 Å². The Labute approximate surface area is 177 Å². The Hall–Kier alpha value is -2.37. The Morgan fingerprint density at radius 3 is 3.03 bits per heavy atom. The Morgan fingerprint density at radius 2 is 2.30 bits per heavy atom. The van der Waals surface area contributed by atoms with Crippen LogP contribution in [0.15, 0.2) is 24.7 Å². The lowest BCUT2D eigenvalue weighted by atomic mass is 9.82. The second kappa shape index (κ2) is 9.63. The van der Waals surface area contributed by atoms with Crippen LogP contribution in [0, 0.1) is 11.3 Å². The Bertz CT molecular complexity index is 903. The van der Waals surface area contributed by atoms with Crippen molar-refractivity contribution in [2.75, 3.05) is 30.8 Å². The number of hydrogen-bond acceptors (Lipinski definition) is 8. The fraction of sp³-hybridized carbons (Fsp3) is 0.474. The van der Waals surface area contributed by atoms with Crippen LogP contribution in [0.5, 0.6) is 0 Å². The highest BCUT2D eigenvalue weighted by Gasteiger charge is 2.37. The Kier molecular flexibility index (Phi) is 7.16. The molecule has 2 atom stereocenters. The van der Waals surface area contributed by atoms with Crippen molar-refractivity contribution in [2.45, 2.75) is 25.4 Å². The highest BCUT2D eigenvalue weighted by atomic mass is 32.2.